The second-order valence-electron chi connectivity index (χ2n) is 22.2. The lowest BCUT2D eigenvalue weighted by atomic mass is 9.51. The minimum atomic E-state index is -0.550. The zero-order valence-electron chi connectivity index (χ0n) is 41.3. The van der Waals surface area contributed by atoms with Crippen molar-refractivity contribution in [3.05, 3.63) is 258 Å². The molecule has 1 heteroatoms. The van der Waals surface area contributed by atoms with Crippen LogP contribution in [0.4, 0.5) is 17.1 Å². The first-order chi connectivity index (χ1) is 35.7. The van der Waals surface area contributed by atoms with E-state index < -0.39 is 5.41 Å². The minimum absolute atomic E-state index is 0.550. The van der Waals surface area contributed by atoms with Gasteiger partial charge in [-0.1, -0.05) is 207 Å². The smallest absolute Gasteiger partial charge is 0.0714 e. The molecule has 0 amide bonds. The number of benzene rings is 9. The molecule has 0 aliphatic heterocycles. The van der Waals surface area contributed by atoms with Crippen LogP contribution in [0.1, 0.15) is 109 Å². The molecule has 1 nitrogen and oxygen atoms in total. The van der Waals surface area contributed by atoms with Gasteiger partial charge in [0.25, 0.3) is 0 Å². The molecule has 4 bridgehead atoms. The molecule has 15 rings (SSSR count). The number of hydrogen-bond donors (Lipinski definition) is 0. The second kappa shape index (κ2) is 18.1. The Morgan fingerprint density at radius 2 is 0.833 bits per heavy atom. The number of rotatable bonds is 10. The van der Waals surface area contributed by atoms with Crippen LogP contribution in [0, 0.1) is 23.7 Å². The molecule has 9 aromatic carbocycles. The Bertz CT molecular complexity index is 3300. The summed E-state index contributed by atoms with van der Waals surface area (Å²) in [4.78, 5) is 2.53. The first-order valence-corrected chi connectivity index (χ1v) is 27.3. The topological polar surface area (TPSA) is 3.24 Å². The highest BCUT2D eigenvalue weighted by Gasteiger charge is 2.49. The Labute approximate surface area is 427 Å². The summed E-state index contributed by atoms with van der Waals surface area (Å²) in [5.41, 5.74) is 21.4. The summed E-state index contributed by atoms with van der Waals surface area (Å²) >= 11 is 0. The monoisotopic (exact) mass is 929 g/mol. The van der Waals surface area contributed by atoms with Gasteiger partial charge in [0.1, 0.15) is 0 Å². The van der Waals surface area contributed by atoms with Crippen LogP contribution < -0.4 is 4.90 Å². The summed E-state index contributed by atoms with van der Waals surface area (Å²) in [6.07, 6.45) is 13.9. The van der Waals surface area contributed by atoms with E-state index in [9.17, 15) is 0 Å². The maximum atomic E-state index is 2.54. The van der Waals surface area contributed by atoms with Crippen LogP contribution in [0.2, 0.25) is 0 Å². The van der Waals surface area contributed by atoms with Crippen LogP contribution in [0.5, 0.6) is 0 Å². The molecule has 0 aromatic heterocycles. The number of anilines is 3. The molecular weight excluding hydrogens is 867 g/mol. The minimum Gasteiger partial charge on any atom is -0.310 e. The molecule has 6 aliphatic carbocycles. The van der Waals surface area contributed by atoms with Crippen LogP contribution >= 0.6 is 0 Å². The zero-order chi connectivity index (χ0) is 47.6. The largest absolute Gasteiger partial charge is 0.310 e. The van der Waals surface area contributed by atoms with E-state index in [0.717, 1.165) is 35.0 Å². The highest BCUT2D eigenvalue weighted by Crippen LogP contribution is 2.61. The van der Waals surface area contributed by atoms with Gasteiger partial charge in [0, 0.05) is 17.1 Å². The molecule has 5 saturated carbocycles. The van der Waals surface area contributed by atoms with Gasteiger partial charge in [-0.3, -0.25) is 0 Å². The molecule has 0 spiro atoms. The van der Waals surface area contributed by atoms with Gasteiger partial charge in [0.05, 0.1) is 5.41 Å². The predicted octanol–water partition coefficient (Wildman–Crippen LogP) is 19.1. The standard InChI is InChI=1S/C71H63N/c1-5-16-50(17-6-1)51-28-30-53(31-29-51)63-24-13-14-25-64(63)54-32-36-60(37-33-54)72(61-38-34-55(35-39-61)69-56-43-48-42-49(45-56)46-57(69)44-48)62-40-41-66-68(47-62)71(58-20-9-3-10-21-58,59-22-11-4-12-23-59)67-27-15-26-65(70(66)67)52-18-7-2-8-19-52/h2-4,7-15,18-41,47-50,56-57,69H,1,5-6,16-17,42-46H2. The van der Waals surface area contributed by atoms with Crippen molar-refractivity contribution < 1.29 is 0 Å². The highest BCUT2D eigenvalue weighted by atomic mass is 15.1. The summed E-state index contributed by atoms with van der Waals surface area (Å²) in [7, 11) is 0. The van der Waals surface area contributed by atoms with E-state index >= 15 is 0 Å². The zero-order valence-corrected chi connectivity index (χ0v) is 41.3. The van der Waals surface area contributed by atoms with Gasteiger partial charge < -0.3 is 4.90 Å². The van der Waals surface area contributed by atoms with E-state index in [4.69, 9.17) is 0 Å². The van der Waals surface area contributed by atoms with Crippen molar-refractivity contribution in [1.82, 2.24) is 0 Å². The van der Waals surface area contributed by atoms with Gasteiger partial charge in [-0.05, 0) is 195 Å². The van der Waals surface area contributed by atoms with Gasteiger partial charge >= 0.3 is 0 Å². The van der Waals surface area contributed by atoms with Gasteiger partial charge in [-0.2, -0.15) is 0 Å². The fraction of sp³-hybridized carbons (Fsp3) is 0.239. The molecule has 0 unspecified atom stereocenters. The lowest BCUT2D eigenvalue weighted by Crippen LogP contribution is -2.43. The molecule has 0 saturated heterocycles. The first kappa shape index (κ1) is 43.6. The Morgan fingerprint density at radius 1 is 0.347 bits per heavy atom. The third-order valence-corrected chi connectivity index (χ3v) is 18.3. The molecule has 6 aliphatic rings. The fourth-order valence-electron chi connectivity index (χ4n) is 15.4. The summed E-state index contributed by atoms with van der Waals surface area (Å²) in [5.74, 6) is 5.02. The van der Waals surface area contributed by atoms with Crippen LogP contribution in [0.3, 0.4) is 0 Å². The van der Waals surface area contributed by atoms with Gasteiger partial charge in [0.15, 0.2) is 0 Å². The van der Waals surface area contributed by atoms with Crippen molar-refractivity contribution in [2.45, 2.75) is 81.5 Å². The number of nitrogens with zero attached hydrogens (tertiary/aromatic N) is 1. The summed E-state index contributed by atoms with van der Waals surface area (Å²) < 4.78 is 0. The molecule has 352 valence electrons. The second-order valence-corrected chi connectivity index (χ2v) is 22.2. The van der Waals surface area contributed by atoms with Crippen LogP contribution in [0.15, 0.2) is 224 Å². The molecule has 0 heterocycles. The molecule has 5 fully saturated rings. The summed E-state index contributed by atoms with van der Waals surface area (Å²) in [6, 6.07) is 85.7. The van der Waals surface area contributed by atoms with Crippen LogP contribution in [0.25, 0.3) is 44.5 Å². The molecule has 9 aromatic rings. The number of fused-ring (bicyclic) bond motifs is 3. The van der Waals surface area contributed by atoms with Gasteiger partial charge in [-0.15, -0.1) is 0 Å². The number of hydrogen-bond acceptors (Lipinski definition) is 1. The highest BCUT2D eigenvalue weighted by molar-refractivity contribution is 5.97. The quantitative estimate of drug-likeness (QED) is 0.132. The Kier molecular flexibility index (Phi) is 11.0. The van der Waals surface area contributed by atoms with Gasteiger partial charge in [-0.25, -0.2) is 0 Å². The van der Waals surface area contributed by atoms with E-state index in [-0.39, 0.29) is 0 Å². The fourth-order valence-corrected chi connectivity index (χ4v) is 15.4. The molecule has 0 N–H and O–H groups in total. The maximum absolute atomic E-state index is 2.54. The molecule has 72 heavy (non-hydrogen) atoms. The lowest BCUT2D eigenvalue weighted by Gasteiger charge is -2.54. The van der Waals surface area contributed by atoms with E-state index in [1.54, 1.807) is 5.56 Å². The van der Waals surface area contributed by atoms with Crippen molar-refractivity contribution in [1.29, 1.82) is 0 Å². The molecule has 0 atom stereocenters. The van der Waals surface area contributed by atoms with Crippen molar-refractivity contribution in [2.75, 3.05) is 4.90 Å². The van der Waals surface area contributed by atoms with E-state index in [0.29, 0.717) is 11.8 Å². The van der Waals surface area contributed by atoms with E-state index in [1.165, 1.54) is 142 Å². The van der Waals surface area contributed by atoms with Crippen molar-refractivity contribution in [3.63, 3.8) is 0 Å². The van der Waals surface area contributed by atoms with Gasteiger partial charge in [0.2, 0.25) is 0 Å². The predicted molar refractivity (Wildman–Crippen MR) is 300 cm³/mol. The van der Waals surface area contributed by atoms with Crippen molar-refractivity contribution in [2.24, 2.45) is 23.7 Å². The average molecular weight is 930 g/mol. The SMILES string of the molecule is c1ccc(-c2cccc3c2-c2ccc(N(c4ccc(-c5ccccc5-c5ccc(C6CCCCC6)cc5)cc4)c4ccc(C5C6CC7CC(C6)CC5C7)cc4)cc2C3(c2ccccc2)c2ccccc2)cc1. The van der Waals surface area contributed by atoms with E-state index in [1.807, 2.05) is 0 Å². The molecule has 0 radical (unpaired) electrons. The Morgan fingerprint density at radius 3 is 1.43 bits per heavy atom. The van der Waals surface area contributed by atoms with Crippen molar-refractivity contribution in [3.8, 4) is 44.5 Å². The normalized spacial score (nSPS) is 21.5. The van der Waals surface area contributed by atoms with Crippen LogP contribution in [-0.2, 0) is 5.41 Å². The summed E-state index contributed by atoms with van der Waals surface area (Å²) in [5, 5.41) is 0. The summed E-state index contributed by atoms with van der Waals surface area (Å²) in [6.45, 7) is 0. The van der Waals surface area contributed by atoms with Crippen molar-refractivity contribution >= 4 is 17.1 Å². The Hall–Kier alpha value is -7.22. The maximum Gasteiger partial charge on any atom is 0.0714 e. The molecular formula is C71H63N. The average Bonchev–Trinajstić information content (AvgIpc) is 3.75. The van der Waals surface area contributed by atoms with Crippen LogP contribution in [-0.4, -0.2) is 0 Å². The first-order valence-electron chi connectivity index (χ1n) is 27.3. The third-order valence-electron chi connectivity index (χ3n) is 18.3. The Balaban J connectivity index is 0.914. The van der Waals surface area contributed by atoms with E-state index in [2.05, 4.69) is 229 Å². The lowest BCUT2D eigenvalue weighted by molar-refractivity contribution is -0.00277. The third kappa shape index (κ3) is 7.33.